The number of para-hydroxylation sites is 2. The summed E-state index contributed by atoms with van der Waals surface area (Å²) in [5, 5.41) is 1.74. The monoisotopic (exact) mass is 472 g/mol. The second-order valence-corrected chi connectivity index (χ2v) is 8.87. The average Bonchev–Trinajstić information content (AvgIpc) is 3.59. The average molecular weight is 474 g/mol. The third-order valence-corrected chi connectivity index (χ3v) is 6.88. The molecule has 0 unspecified atom stereocenters. The fourth-order valence-corrected chi connectivity index (χ4v) is 4.44. The number of ether oxygens (including phenoxy) is 1. The Morgan fingerprint density at radius 1 is 1.03 bits per heavy atom. The van der Waals surface area contributed by atoms with Crippen molar-refractivity contribution in [2.45, 2.75) is 18.8 Å². The molecule has 1 saturated heterocycles. The van der Waals surface area contributed by atoms with Crippen LogP contribution in [-0.2, 0) is 0 Å². The summed E-state index contributed by atoms with van der Waals surface area (Å²) in [6, 6.07) is 12.2. The predicted molar refractivity (Wildman–Crippen MR) is 122 cm³/mol. The molecule has 7 heteroatoms. The smallest absolute Gasteiger partial charge is 0.142 e. The van der Waals surface area contributed by atoms with Crippen molar-refractivity contribution in [3.63, 3.8) is 0 Å². The minimum atomic E-state index is 0.496. The van der Waals surface area contributed by atoms with Gasteiger partial charge in [0.25, 0.3) is 0 Å². The van der Waals surface area contributed by atoms with Crippen molar-refractivity contribution in [3.8, 4) is 5.75 Å². The molecule has 2 aliphatic rings. The van der Waals surface area contributed by atoms with Gasteiger partial charge >= 0.3 is 0 Å². The van der Waals surface area contributed by atoms with Gasteiger partial charge in [0.05, 0.1) is 23.3 Å². The molecule has 1 saturated carbocycles. The number of nitrogens with zero attached hydrogens (tertiary/aromatic N) is 4. The molecule has 5 rings (SSSR count). The van der Waals surface area contributed by atoms with Crippen LogP contribution in [0.3, 0.4) is 0 Å². The maximum atomic E-state index is 6.35. The molecule has 150 valence electrons. The van der Waals surface area contributed by atoms with E-state index >= 15 is 0 Å². The molecule has 29 heavy (non-hydrogen) atoms. The van der Waals surface area contributed by atoms with Crippen molar-refractivity contribution >= 4 is 49.9 Å². The highest BCUT2D eigenvalue weighted by Gasteiger charge is 2.29. The van der Waals surface area contributed by atoms with Gasteiger partial charge in [0.2, 0.25) is 0 Å². The summed E-state index contributed by atoms with van der Waals surface area (Å²) in [5.41, 5.74) is 2.08. The highest BCUT2D eigenvalue weighted by Crippen LogP contribution is 2.41. The maximum absolute atomic E-state index is 6.35. The van der Waals surface area contributed by atoms with Crippen molar-refractivity contribution in [1.29, 1.82) is 0 Å². The molecule has 2 fully saturated rings. The third-order valence-electron chi connectivity index (χ3n) is 5.68. The van der Waals surface area contributed by atoms with Gasteiger partial charge in [-0.3, -0.25) is 0 Å². The van der Waals surface area contributed by atoms with Gasteiger partial charge in [-0.05, 0) is 53.0 Å². The van der Waals surface area contributed by atoms with Crippen LogP contribution in [-0.4, -0.2) is 43.3 Å². The summed E-state index contributed by atoms with van der Waals surface area (Å²) in [5.74, 6) is 3.39. The maximum Gasteiger partial charge on any atom is 0.142 e. The molecule has 3 aromatic rings. The van der Waals surface area contributed by atoms with E-state index in [0.717, 1.165) is 64.6 Å². The van der Waals surface area contributed by atoms with Gasteiger partial charge in [0.1, 0.15) is 17.4 Å². The molecular formula is C22H22BrClN4O. The minimum absolute atomic E-state index is 0.496. The number of rotatable bonds is 4. The standard InChI is InChI=1S/C22H22BrClN4O/c1-29-20-5-3-2-4-19(20)27-8-10-28(11-9-27)22-15-12-16(23)17(24)13-18(15)25-21(26-22)14-6-7-14/h2-5,12-14H,6-11H2,1H3. The van der Waals surface area contributed by atoms with Crippen LogP contribution < -0.4 is 14.5 Å². The molecular weight excluding hydrogens is 452 g/mol. The summed E-state index contributed by atoms with van der Waals surface area (Å²) < 4.78 is 6.43. The topological polar surface area (TPSA) is 41.5 Å². The summed E-state index contributed by atoms with van der Waals surface area (Å²) in [6.45, 7) is 3.63. The zero-order valence-corrected chi connectivity index (χ0v) is 18.6. The Morgan fingerprint density at radius 3 is 2.48 bits per heavy atom. The number of methoxy groups -OCH3 is 1. The summed E-state index contributed by atoms with van der Waals surface area (Å²) >= 11 is 9.91. The van der Waals surface area contributed by atoms with Crippen LogP contribution in [0.15, 0.2) is 40.9 Å². The van der Waals surface area contributed by atoms with Gasteiger partial charge in [-0.25, -0.2) is 9.97 Å². The first-order valence-corrected chi connectivity index (χ1v) is 11.1. The van der Waals surface area contributed by atoms with Gasteiger partial charge in [-0.1, -0.05) is 23.7 Å². The molecule has 0 radical (unpaired) electrons. The number of halogens is 2. The van der Waals surface area contributed by atoms with Crippen LogP contribution in [0.2, 0.25) is 5.02 Å². The summed E-state index contributed by atoms with van der Waals surface area (Å²) in [6.07, 6.45) is 2.35. The molecule has 2 heterocycles. The molecule has 0 spiro atoms. The normalized spacial score (nSPS) is 17.1. The van der Waals surface area contributed by atoms with Crippen molar-refractivity contribution in [2.24, 2.45) is 0 Å². The van der Waals surface area contributed by atoms with Crippen molar-refractivity contribution < 1.29 is 4.74 Å². The van der Waals surface area contributed by atoms with E-state index in [4.69, 9.17) is 26.3 Å². The number of piperazine rings is 1. The Hall–Kier alpha value is -2.05. The fraction of sp³-hybridized carbons (Fsp3) is 0.364. The van der Waals surface area contributed by atoms with E-state index in [2.05, 4.69) is 43.9 Å². The molecule has 0 N–H and O–H groups in total. The van der Waals surface area contributed by atoms with Gasteiger partial charge in [-0.2, -0.15) is 0 Å². The summed E-state index contributed by atoms with van der Waals surface area (Å²) in [4.78, 5) is 14.6. The molecule has 0 atom stereocenters. The number of aromatic nitrogens is 2. The molecule has 2 aromatic carbocycles. The van der Waals surface area contributed by atoms with Crippen LogP contribution in [0.1, 0.15) is 24.6 Å². The molecule has 1 aromatic heterocycles. The Balaban J connectivity index is 1.46. The summed E-state index contributed by atoms with van der Waals surface area (Å²) in [7, 11) is 1.73. The largest absolute Gasteiger partial charge is 0.495 e. The van der Waals surface area contributed by atoms with E-state index in [1.54, 1.807) is 7.11 Å². The predicted octanol–water partition coefficient (Wildman–Crippen LogP) is 5.26. The SMILES string of the molecule is COc1ccccc1N1CCN(c2nc(C3CC3)nc3cc(Cl)c(Br)cc23)CC1. The molecule has 1 aliphatic heterocycles. The Morgan fingerprint density at radius 2 is 1.76 bits per heavy atom. The molecule has 1 aliphatic carbocycles. The van der Waals surface area contributed by atoms with E-state index in [-0.39, 0.29) is 0 Å². The van der Waals surface area contributed by atoms with Gasteiger partial charge in [0, 0.05) is 42.0 Å². The van der Waals surface area contributed by atoms with Crippen molar-refractivity contribution in [3.05, 3.63) is 51.7 Å². The van der Waals surface area contributed by atoms with Crippen molar-refractivity contribution in [2.75, 3.05) is 43.1 Å². The number of fused-ring (bicyclic) bond motifs is 1. The first-order valence-electron chi connectivity index (χ1n) is 9.93. The lowest BCUT2D eigenvalue weighted by Gasteiger charge is -2.37. The zero-order valence-electron chi connectivity index (χ0n) is 16.2. The second-order valence-electron chi connectivity index (χ2n) is 7.61. The Bertz CT molecular complexity index is 1060. The number of anilines is 2. The lowest BCUT2D eigenvalue weighted by Crippen LogP contribution is -2.47. The highest BCUT2D eigenvalue weighted by atomic mass is 79.9. The fourth-order valence-electron chi connectivity index (χ4n) is 3.94. The quantitative estimate of drug-likeness (QED) is 0.517. The zero-order chi connectivity index (χ0) is 20.0. The van der Waals surface area contributed by atoms with Crippen LogP contribution in [0, 0.1) is 0 Å². The molecule has 0 bridgehead atoms. The van der Waals surface area contributed by atoms with Gasteiger partial charge < -0.3 is 14.5 Å². The highest BCUT2D eigenvalue weighted by molar-refractivity contribution is 9.10. The van der Waals surface area contributed by atoms with Crippen LogP contribution in [0.4, 0.5) is 11.5 Å². The first-order chi connectivity index (χ1) is 14.1. The third kappa shape index (κ3) is 3.64. The van der Waals surface area contributed by atoms with E-state index in [1.807, 2.05) is 18.2 Å². The van der Waals surface area contributed by atoms with E-state index < -0.39 is 0 Å². The van der Waals surface area contributed by atoms with Gasteiger partial charge in [-0.15, -0.1) is 0 Å². The first kappa shape index (κ1) is 18.9. The van der Waals surface area contributed by atoms with Crippen LogP contribution in [0.25, 0.3) is 10.9 Å². The van der Waals surface area contributed by atoms with E-state index in [1.165, 1.54) is 12.8 Å². The van der Waals surface area contributed by atoms with Crippen LogP contribution >= 0.6 is 27.5 Å². The van der Waals surface area contributed by atoms with Crippen molar-refractivity contribution in [1.82, 2.24) is 9.97 Å². The lowest BCUT2D eigenvalue weighted by molar-refractivity contribution is 0.413. The Labute approximate surface area is 183 Å². The number of hydrogen-bond donors (Lipinski definition) is 0. The van der Waals surface area contributed by atoms with E-state index in [0.29, 0.717) is 10.9 Å². The minimum Gasteiger partial charge on any atom is -0.495 e. The number of hydrogen-bond acceptors (Lipinski definition) is 5. The van der Waals surface area contributed by atoms with Gasteiger partial charge in [0.15, 0.2) is 0 Å². The molecule has 0 amide bonds. The Kier molecular flexibility index (Phi) is 5.00. The van der Waals surface area contributed by atoms with Crippen LogP contribution in [0.5, 0.6) is 5.75 Å². The second kappa shape index (κ2) is 7.65. The molecule has 5 nitrogen and oxygen atoms in total. The van der Waals surface area contributed by atoms with E-state index in [9.17, 15) is 0 Å². The number of benzene rings is 2. The lowest BCUT2D eigenvalue weighted by atomic mass is 10.2.